The van der Waals surface area contributed by atoms with E-state index in [-0.39, 0.29) is 24.6 Å². The van der Waals surface area contributed by atoms with Crippen LogP contribution in [-0.2, 0) is 11.2 Å². The van der Waals surface area contributed by atoms with Crippen molar-refractivity contribution in [3.63, 3.8) is 0 Å². The zero-order valence-corrected chi connectivity index (χ0v) is 16.9. The Bertz CT molecular complexity index is 751. The molecule has 7 heteroatoms. The van der Waals surface area contributed by atoms with Gasteiger partial charge in [0, 0.05) is 29.5 Å². The number of halogens is 2. The summed E-state index contributed by atoms with van der Waals surface area (Å²) in [5, 5.41) is 26.9. The minimum absolute atomic E-state index is 0.114. The predicted octanol–water partition coefficient (Wildman–Crippen LogP) is 3.63. The molecular formula is C22H26ClFO5. The molecule has 0 spiro atoms. The summed E-state index contributed by atoms with van der Waals surface area (Å²) in [6.07, 6.45) is 8.37. The van der Waals surface area contributed by atoms with Crippen molar-refractivity contribution in [1.82, 2.24) is 0 Å². The topological polar surface area (TPSA) is 79.2 Å². The van der Waals surface area contributed by atoms with Crippen LogP contribution in [0.15, 0.2) is 42.5 Å². The van der Waals surface area contributed by atoms with Gasteiger partial charge in [0.1, 0.15) is 0 Å². The van der Waals surface area contributed by atoms with Crippen LogP contribution in [0.4, 0.5) is 4.53 Å². The zero-order chi connectivity index (χ0) is 21.8. The Morgan fingerprint density at radius 3 is 2.38 bits per heavy atom. The minimum atomic E-state index is -0.497. The zero-order valence-electron chi connectivity index (χ0n) is 16.2. The van der Waals surface area contributed by atoms with Crippen molar-refractivity contribution in [3.05, 3.63) is 64.2 Å². The van der Waals surface area contributed by atoms with Gasteiger partial charge in [-0.1, -0.05) is 35.9 Å². The van der Waals surface area contributed by atoms with Gasteiger partial charge in [0.25, 0.3) is 0 Å². The van der Waals surface area contributed by atoms with Crippen molar-refractivity contribution in [1.29, 1.82) is 0 Å². The van der Waals surface area contributed by atoms with E-state index >= 15 is 0 Å². The molecule has 1 aliphatic rings. The van der Waals surface area contributed by atoms with E-state index in [0.717, 1.165) is 23.8 Å². The summed E-state index contributed by atoms with van der Waals surface area (Å²) in [7, 11) is 1.00. The first kappa shape index (κ1) is 24.9. The average molecular weight is 425 g/mol. The first-order chi connectivity index (χ1) is 14.1. The van der Waals surface area contributed by atoms with Crippen LogP contribution in [0.1, 0.15) is 35.6 Å². The van der Waals surface area contributed by atoms with Gasteiger partial charge in [-0.2, -0.15) is 0 Å². The third-order valence-electron chi connectivity index (χ3n) is 4.43. The number of aliphatic hydroxyl groups excluding tert-OH is 3. The standard InChI is InChI=1S/C19H20ClFO4.C2H2.CH4O/c20-18-6-3-13(19-10-15(23)9-17(11-22)24-19)8-14(18)7-12-1-4-16(25-21)5-2-12;2*1-2/h1-6,8,15,17,19,22-23H,7,9-11H2;1-2H;2H,1H3/t15-,17-,19+;;/m0../s1. The van der Waals surface area contributed by atoms with Crippen LogP contribution in [-0.4, -0.2) is 41.2 Å². The molecule has 1 heterocycles. The molecule has 1 aliphatic heterocycles. The molecule has 3 atom stereocenters. The van der Waals surface area contributed by atoms with Gasteiger partial charge in [-0.05, 0) is 41.3 Å². The number of aliphatic hydroxyl groups is 3. The lowest BCUT2D eigenvalue weighted by atomic mass is 9.94. The molecule has 5 nitrogen and oxygen atoms in total. The van der Waals surface area contributed by atoms with Gasteiger partial charge in [-0.3, -0.25) is 4.94 Å². The van der Waals surface area contributed by atoms with E-state index in [1.807, 2.05) is 18.2 Å². The normalized spacial score (nSPS) is 20.5. The van der Waals surface area contributed by atoms with Crippen molar-refractivity contribution >= 4 is 11.6 Å². The molecule has 0 radical (unpaired) electrons. The maximum Gasteiger partial charge on any atom is 0.171 e. The molecule has 3 N–H and O–H groups in total. The molecule has 0 saturated carbocycles. The molecule has 0 aromatic heterocycles. The maximum atomic E-state index is 12.1. The lowest BCUT2D eigenvalue weighted by Crippen LogP contribution is -2.33. The Labute approximate surface area is 175 Å². The Balaban J connectivity index is 0.000000989. The van der Waals surface area contributed by atoms with Gasteiger partial charge in [0.2, 0.25) is 0 Å². The van der Waals surface area contributed by atoms with E-state index in [0.29, 0.717) is 24.3 Å². The number of terminal acetylenes is 1. The second-order valence-corrected chi connectivity index (χ2v) is 6.71. The van der Waals surface area contributed by atoms with E-state index in [9.17, 15) is 14.7 Å². The number of hydrogen-bond acceptors (Lipinski definition) is 5. The van der Waals surface area contributed by atoms with E-state index in [2.05, 4.69) is 17.8 Å². The Hall–Kier alpha value is -2.14. The van der Waals surface area contributed by atoms with E-state index in [1.54, 1.807) is 24.3 Å². The molecule has 1 fully saturated rings. The lowest BCUT2D eigenvalue weighted by molar-refractivity contribution is -0.113. The second-order valence-electron chi connectivity index (χ2n) is 6.30. The molecule has 0 unspecified atom stereocenters. The summed E-state index contributed by atoms with van der Waals surface area (Å²) in [4.78, 5) is 3.69. The van der Waals surface area contributed by atoms with Crippen LogP contribution in [0.25, 0.3) is 0 Å². The Kier molecular flexibility index (Phi) is 11.3. The van der Waals surface area contributed by atoms with Crippen LogP contribution in [0.2, 0.25) is 5.02 Å². The number of benzene rings is 2. The molecule has 0 amide bonds. The van der Waals surface area contributed by atoms with Gasteiger partial charge in [-0.25, -0.2) is 0 Å². The second kappa shape index (κ2) is 13.2. The summed E-state index contributed by atoms with van der Waals surface area (Å²) in [5.74, 6) is 0.156. The van der Waals surface area contributed by atoms with Crippen molar-refractivity contribution in [3.8, 4) is 18.6 Å². The Morgan fingerprint density at radius 2 is 1.79 bits per heavy atom. The van der Waals surface area contributed by atoms with Gasteiger partial charge in [-0.15, -0.1) is 12.8 Å². The molecule has 158 valence electrons. The van der Waals surface area contributed by atoms with Crippen LogP contribution in [0.3, 0.4) is 0 Å². The number of ether oxygens (including phenoxy) is 1. The van der Waals surface area contributed by atoms with Crippen LogP contribution in [0.5, 0.6) is 5.75 Å². The molecule has 3 rings (SSSR count). The van der Waals surface area contributed by atoms with Crippen LogP contribution >= 0.6 is 11.6 Å². The molecule has 1 saturated heterocycles. The van der Waals surface area contributed by atoms with Gasteiger partial charge in [0.05, 0.1) is 24.9 Å². The monoisotopic (exact) mass is 424 g/mol. The number of rotatable bonds is 5. The average Bonchev–Trinajstić information content (AvgIpc) is 2.78. The van der Waals surface area contributed by atoms with Gasteiger partial charge >= 0.3 is 0 Å². The highest BCUT2D eigenvalue weighted by atomic mass is 35.5. The lowest BCUT2D eigenvalue weighted by Gasteiger charge is -2.32. The minimum Gasteiger partial charge on any atom is -0.400 e. The van der Waals surface area contributed by atoms with Crippen molar-refractivity contribution in [2.45, 2.75) is 37.6 Å². The molecule has 2 aromatic rings. The summed E-state index contributed by atoms with van der Waals surface area (Å²) in [6.45, 7) is -0.114. The highest BCUT2D eigenvalue weighted by Gasteiger charge is 2.29. The summed E-state index contributed by atoms with van der Waals surface area (Å²) in [6, 6.07) is 12.3. The maximum absolute atomic E-state index is 12.1. The summed E-state index contributed by atoms with van der Waals surface area (Å²) in [5.41, 5.74) is 2.80. The van der Waals surface area contributed by atoms with E-state index < -0.39 is 6.10 Å². The van der Waals surface area contributed by atoms with E-state index in [1.165, 1.54) is 0 Å². The van der Waals surface area contributed by atoms with Crippen LogP contribution < -0.4 is 4.94 Å². The highest BCUT2D eigenvalue weighted by Crippen LogP contribution is 2.33. The van der Waals surface area contributed by atoms with Crippen molar-refractivity contribution < 1.29 is 29.5 Å². The third-order valence-corrected chi connectivity index (χ3v) is 4.80. The fourth-order valence-electron chi connectivity index (χ4n) is 3.13. The van der Waals surface area contributed by atoms with Crippen molar-refractivity contribution in [2.24, 2.45) is 0 Å². The predicted molar refractivity (Wildman–Crippen MR) is 110 cm³/mol. The summed E-state index contributed by atoms with van der Waals surface area (Å²) < 4.78 is 18.0. The fraction of sp³-hybridized carbons (Fsp3) is 0.364. The first-order valence-electron chi connectivity index (χ1n) is 8.97. The van der Waals surface area contributed by atoms with Gasteiger partial charge in [0.15, 0.2) is 5.75 Å². The molecular weight excluding hydrogens is 399 g/mol. The quantitative estimate of drug-likeness (QED) is 0.639. The first-order valence-corrected chi connectivity index (χ1v) is 9.35. The molecule has 2 aromatic carbocycles. The molecule has 0 aliphatic carbocycles. The largest absolute Gasteiger partial charge is 0.400 e. The van der Waals surface area contributed by atoms with E-state index in [4.69, 9.17) is 21.4 Å². The SMILES string of the molecule is C#C.CO.OC[C@@H]1C[C@H](O)C[C@H](c2ccc(Cl)c(Cc3ccc(OF)cc3)c2)O1. The third kappa shape index (κ3) is 7.32. The molecule has 29 heavy (non-hydrogen) atoms. The number of hydrogen-bond donors (Lipinski definition) is 3. The highest BCUT2D eigenvalue weighted by molar-refractivity contribution is 6.31. The van der Waals surface area contributed by atoms with Crippen LogP contribution in [0, 0.1) is 12.8 Å². The molecule has 0 bridgehead atoms. The fourth-order valence-corrected chi connectivity index (χ4v) is 3.32. The van der Waals surface area contributed by atoms with Gasteiger partial charge < -0.3 is 20.1 Å². The summed E-state index contributed by atoms with van der Waals surface area (Å²) >= 11 is 6.31. The smallest absolute Gasteiger partial charge is 0.171 e. The Morgan fingerprint density at radius 1 is 1.14 bits per heavy atom. The van der Waals surface area contributed by atoms with Crippen molar-refractivity contribution in [2.75, 3.05) is 13.7 Å².